The molecular formula is C25H34N2O2. The van der Waals surface area contributed by atoms with E-state index in [1.165, 1.54) is 36.8 Å². The molecule has 156 valence electrons. The highest BCUT2D eigenvalue weighted by molar-refractivity contribution is 5.78. The van der Waals surface area contributed by atoms with Crippen molar-refractivity contribution in [2.24, 2.45) is 23.2 Å². The van der Waals surface area contributed by atoms with Gasteiger partial charge in [0.25, 0.3) is 0 Å². The van der Waals surface area contributed by atoms with Crippen LogP contribution in [-0.4, -0.2) is 34.5 Å². The summed E-state index contributed by atoms with van der Waals surface area (Å²) in [7, 11) is 0. The van der Waals surface area contributed by atoms with Crippen LogP contribution in [0.25, 0.3) is 5.57 Å². The zero-order chi connectivity index (χ0) is 20.2. The number of allylic oxidation sites excluding steroid dienone is 2. The second kappa shape index (κ2) is 6.85. The predicted octanol–water partition coefficient (Wildman–Crippen LogP) is 5.09. The maximum atomic E-state index is 12.9. The van der Waals surface area contributed by atoms with E-state index in [0.29, 0.717) is 30.3 Å². The molecule has 29 heavy (non-hydrogen) atoms. The summed E-state index contributed by atoms with van der Waals surface area (Å²) in [6.07, 6.45) is 14.0. The molecule has 1 amide bonds. The lowest BCUT2D eigenvalue weighted by molar-refractivity contribution is -0.135. The van der Waals surface area contributed by atoms with Gasteiger partial charge in [-0.3, -0.25) is 9.78 Å². The topological polar surface area (TPSA) is 42.4 Å². The standard InChI is InChI=1S/C25H34N2O2/c1-4-29-18-14-17(15-26-16-18)20-7-8-21-19-6-9-23(28)27-13-5-11-25(27,3)22(19)10-12-24(20,21)2/h7,14-16,19,21-22H,4-6,8-13H2,1-3H3/t19-,21-,22?,24+,25+/m0/s1. The smallest absolute Gasteiger partial charge is 0.223 e. The largest absolute Gasteiger partial charge is 0.492 e. The summed E-state index contributed by atoms with van der Waals surface area (Å²) in [5.41, 5.74) is 2.94. The fraction of sp³-hybridized carbons (Fsp3) is 0.680. The van der Waals surface area contributed by atoms with Crippen LogP contribution in [0.4, 0.5) is 0 Å². The molecule has 4 heteroatoms. The Bertz CT molecular complexity index is 849. The van der Waals surface area contributed by atoms with Gasteiger partial charge in [0.05, 0.1) is 12.8 Å². The van der Waals surface area contributed by atoms with Gasteiger partial charge in [0, 0.05) is 24.7 Å². The quantitative estimate of drug-likeness (QED) is 0.717. The van der Waals surface area contributed by atoms with Crippen LogP contribution in [0.2, 0.25) is 0 Å². The third-order valence-corrected chi connectivity index (χ3v) is 8.83. The molecule has 0 spiro atoms. The molecule has 4 nitrogen and oxygen atoms in total. The summed E-state index contributed by atoms with van der Waals surface area (Å²) < 4.78 is 5.72. The van der Waals surface area contributed by atoms with E-state index < -0.39 is 0 Å². The highest BCUT2D eigenvalue weighted by Gasteiger charge is 2.58. The van der Waals surface area contributed by atoms with Crippen molar-refractivity contribution in [2.45, 2.75) is 71.3 Å². The average molecular weight is 395 g/mol. The molecule has 0 aromatic carbocycles. The molecule has 4 aliphatic rings. The second-order valence-corrected chi connectivity index (χ2v) is 10.1. The second-order valence-electron chi connectivity index (χ2n) is 10.1. The molecule has 5 rings (SSSR count). The van der Waals surface area contributed by atoms with Crippen LogP contribution < -0.4 is 4.74 Å². The van der Waals surface area contributed by atoms with E-state index in [1.54, 1.807) is 0 Å². The number of rotatable bonds is 3. The van der Waals surface area contributed by atoms with E-state index in [0.717, 1.165) is 31.6 Å². The number of amides is 1. The number of carbonyl (C=O) groups is 1. The van der Waals surface area contributed by atoms with Gasteiger partial charge >= 0.3 is 0 Å². The minimum atomic E-state index is 0.0821. The summed E-state index contributed by atoms with van der Waals surface area (Å²) in [5, 5.41) is 0. The Morgan fingerprint density at radius 3 is 2.90 bits per heavy atom. The molecule has 1 unspecified atom stereocenters. The van der Waals surface area contributed by atoms with Gasteiger partial charge in [-0.25, -0.2) is 0 Å². The van der Waals surface area contributed by atoms with Crippen LogP contribution in [0.3, 0.4) is 0 Å². The predicted molar refractivity (Wildman–Crippen MR) is 114 cm³/mol. The minimum Gasteiger partial charge on any atom is -0.492 e. The zero-order valence-electron chi connectivity index (χ0n) is 18.1. The molecule has 1 aromatic heterocycles. The van der Waals surface area contributed by atoms with Gasteiger partial charge in [-0.2, -0.15) is 0 Å². The first-order valence-corrected chi connectivity index (χ1v) is 11.6. The van der Waals surface area contributed by atoms with Crippen molar-refractivity contribution in [3.8, 4) is 5.75 Å². The Morgan fingerprint density at radius 2 is 2.07 bits per heavy atom. The molecule has 3 heterocycles. The Kier molecular flexibility index (Phi) is 4.52. The van der Waals surface area contributed by atoms with Gasteiger partial charge in [0.2, 0.25) is 5.91 Å². The molecule has 3 fully saturated rings. The Balaban J connectivity index is 1.47. The number of aromatic nitrogens is 1. The summed E-state index contributed by atoms with van der Waals surface area (Å²) >= 11 is 0. The van der Waals surface area contributed by atoms with Gasteiger partial charge in [-0.15, -0.1) is 0 Å². The van der Waals surface area contributed by atoms with Crippen LogP contribution in [0.15, 0.2) is 24.5 Å². The SMILES string of the molecule is CCOc1cncc(C2=CC[C@H]3[C@@H]4CCC(=O)N5CCC[C@]5(C)C4CC[C@]23C)c1. The van der Waals surface area contributed by atoms with Crippen molar-refractivity contribution in [1.82, 2.24) is 9.88 Å². The summed E-state index contributed by atoms with van der Waals surface area (Å²) in [4.78, 5) is 19.6. The van der Waals surface area contributed by atoms with Crippen LogP contribution in [0.1, 0.15) is 71.3 Å². The van der Waals surface area contributed by atoms with E-state index >= 15 is 0 Å². The number of nitrogens with zero attached hydrogens (tertiary/aromatic N) is 2. The van der Waals surface area contributed by atoms with Crippen molar-refractivity contribution >= 4 is 11.5 Å². The normalized spacial score (nSPS) is 38.7. The van der Waals surface area contributed by atoms with Crippen molar-refractivity contribution in [2.75, 3.05) is 13.2 Å². The zero-order valence-corrected chi connectivity index (χ0v) is 18.1. The number of carbonyl (C=O) groups excluding carboxylic acids is 1. The fourth-order valence-electron chi connectivity index (χ4n) is 7.49. The molecule has 0 radical (unpaired) electrons. The van der Waals surface area contributed by atoms with Crippen LogP contribution >= 0.6 is 0 Å². The highest BCUT2D eigenvalue weighted by atomic mass is 16.5. The molecule has 2 saturated heterocycles. The third-order valence-electron chi connectivity index (χ3n) is 8.83. The van der Waals surface area contributed by atoms with Crippen molar-refractivity contribution in [1.29, 1.82) is 0 Å². The van der Waals surface area contributed by atoms with E-state index in [4.69, 9.17) is 4.74 Å². The molecule has 0 N–H and O–H groups in total. The minimum absolute atomic E-state index is 0.0821. The molecule has 1 saturated carbocycles. The summed E-state index contributed by atoms with van der Waals surface area (Å²) in [6, 6.07) is 2.17. The molecule has 5 atom stereocenters. The Hall–Kier alpha value is -1.84. The number of pyridine rings is 1. The maximum Gasteiger partial charge on any atom is 0.223 e. The number of hydrogen-bond acceptors (Lipinski definition) is 3. The highest BCUT2D eigenvalue weighted by Crippen LogP contribution is 2.63. The van der Waals surface area contributed by atoms with Gasteiger partial charge in [0.15, 0.2) is 0 Å². The third kappa shape index (κ3) is 2.78. The lowest BCUT2D eigenvalue weighted by atomic mass is 9.54. The van der Waals surface area contributed by atoms with Gasteiger partial charge in [-0.1, -0.05) is 13.0 Å². The molecular weight excluding hydrogens is 360 g/mol. The summed E-state index contributed by atoms with van der Waals surface area (Å²) in [5.74, 6) is 3.19. The number of fused-ring (bicyclic) bond motifs is 5. The number of hydrogen-bond donors (Lipinski definition) is 0. The summed E-state index contributed by atoms with van der Waals surface area (Å²) in [6.45, 7) is 8.51. The van der Waals surface area contributed by atoms with Crippen molar-refractivity contribution < 1.29 is 9.53 Å². The van der Waals surface area contributed by atoms with Crippen molar-refractivity contribution in [3.05, 3.63) is 30.1 Å². The van der Waals surface area contributed by atoms with Crippen LogP contribution in [-0.2, 0) is 4.79 Å². The van der Waals surface area contributed by atoms with E-state index in [9.17, 15) is 4.79 Å². The monoisotopic (exact) mass is 394 g/mol. The van der Waals surface area contributed by atoms with Crippen molar-refractivity contribution in [3.63, 3.8) is 0 Å². The van der Waals surface area contributed by atoms with E-state index in [2.05, 4.69) is 35.9 Å². The van der Waals surface area contributed by atoms with Gasteiger partial charge in [-0.05, 0) is 92.7 Å². The van der Waals surface area contributed by atoms with Crippen LogP contribution in [0, 0.1) is 23.2 Å². The van der Waals surface area contributed by atoms with E-state index in [1.807, 2.05) is 19.3 Å². The molecule has 2 aliphatic heterocycles. The molecule has 1 aromatic rings. The van der Waals surface area contributed by atoms with Gasteiger partial charge in [0.1, 0.15) is 5.75 Å². The van der Waals surface area contributed by atoms with E-state index in [-0.39, 0.29) is 11.0 Å². The lowest BCUT2D eigenvalue weighted by Crippen LogP contribution is -2.53. The maximum absolute atomic E-state index is 12.9. The lowest BCUT2D eigenvalue weighted by Gasteiger charge is -2.53. The first-order chi connectivity index (χ1) is 14.0. The first-order valence-electron chi connectivity index (χ1n) is 11.6. The van der Waals surface area contributed by atoms with Crippen LogP contribution in [0.5, 0.6) is 5.75 Å². The fourth-order valence-corrected chi connectivity index (χ4v) is 7.49. The first kappa shape index (κ1) is 19.1. The Labute approximate surface area is 174 Å². The molecule has 0 bridgehead atoms. The number of ether oxygens (including phenoxy) is 1. The average Bonchev–Trinajstić information content (AvgIpc) is 3.24. The van der Waals surface area contributed by atoms with Gasteiger partial charge < -0.3 is 9.64 Å². The Morgan fingerprint density at radius 1 is 1.21 bits per heavy atom. The molecule has 2 aliphatic carbocycles.